The van der Waals surface area contributed by atoms with Gasteiger partial charge in [0, 0.05) is 0 Å². The quantitative estimate of drug-likeness (QED) is 0.0550. The number of nitrogens with zero attached hydrogens (tertiary/aromatic N) is 1. The second-order valence-corrected chi connectivity index (χ2v) is 15.4. The van der Waals surface area contributed by atoms with Gasteiger partial charge in [-0.05, 0) is 32.6 Å². The van der Waals surface area contributed by atoms with Gasteiger partial charge < -0.3 is 0 Å². The second-order valence-electron chi connectivity index (χ2n) is 15.4. The first kappa shape index (κ1) is 43.2. The summed E-state index contributed by atoms with van der Waals surface area (Å²) in [4.78, 5) is 3.75. The Morgan fingerprint density at radius 2 is 0.696 bits per heavy atom. The number of nitrogens with one attached hydrogen (secondary N) is 1. The van der Waals surface area contributed by atoms with Crippen molar-refractivity contribution in [3.8, 4) is 0 Å². The normalized spacial score (nSPS) is 13.0. The first-order valence-corrected chi connectivity index (χ1v) is 21.8. The molecule has 46 heavy (non-hydrogen) atoms. The Morgan fingerprint density at radius 3 is 1.02 bits per heavy atom. The van der Waals surface area contributed by atoms with Crippen LogP contribution in [0.15, 0.2) is 12.4 Å². The van der Waals surface area contributed by atoms with Gasteiger partial charge in [-0.2, -0.15) is 0 Å². The van der Waals surface area contributed by atoms with Crippen molar-refractivity contribution in [3.63, 3.8) is 0 Å². The highest BCUT2D eigenvalue weighted by molar-refractivity contribution is 4.90. The molecule has 272 valence electrons. The van der Waals surface area contributed by atoms with Crippen LogP contribution in [0.5, 0.6) is 0 Å². The standard InChI is InChI=1S/C44H86N2/c1-5-8-11-14-16-18-20-22-24-26-28-30-33-36-39-43(38-35-31-13-10-7-3)44-45-40-41-46(44)42(4)37-34-32-29-27-25-23-21-19-17-15-12-9-6-2/h40-43H,5-39H2,1-4H3/p+1. The average Bonchev–Trinajstić information content (AvgIpc) is 3.56. The molecule has 1 N–H and O–H groups in total. The van der Waals surface area contributed by atoms with Gasteiger partial charge >= 0.3 is 0 Å². The summed E-state index contributed by atoms with van der Waals surface area (Å²) in [7, 11) is 0. The summed E-state index contributed by atoms with van der Waals surface area (Å²) >= 11 is 0. The topological polar surface area (TPSA) is 19.7 Å². The molecule has 1 rings (SSSR count). The molecule has 0 aromatic carbocycles. The van der Waals surface area contributed by atoms with Gasteiger partial charge in [0.25, 0.3) is 5.82 Å². The van der Waals surface area contributed by atoms with Crippen LogP contribution in [0.3, 0.4) is 0 Å². The van der Waals surface area contributed by atoms with Crippen LogP contribution in [0.2, 0.25) is 0 Å². The Balaban J connectivity index is 2.28. The summed E-state index contributed by atoms with van der Waals surface area (Å²) in [5.41, 5.74) is 0. The molecule has 2 atom stereocenters. The van der Waals surface area contributed by atoms with Crippen LogP contribution in [0, 0.1) is 0 Å². The summed E-state index contributed by atoms with van der Waals surface area (Å²) in [5, 5.41) is 0. The van der Waals surface area contributed by atoms with Crippen molar-refractivity contribution in [3.05, 3.63) is 18.2 Å². The highest BCUT2D eigenvalue weighted by Gasteiger charge is 2.25. The van der Waals surface area contributed by atoms with E-state index in [-0.39, 0.29) is 0 Å². The first-order chi connectivity index (χ1) is 22.7. The van der Waals surface area contributed by atoms with E-state index in [0.29, 0.717) is 12.0 Å². The lowest BCUT2D eigenvalue weighted by atomic mass is 9.93. The molecule has 1 aromatic rings. The molecule has 1 heterocycles. The Morgan fingerprint density at radius 1 is 0.413 bits per heavy atom. The smallest absolute Gasteiger partial charge is 0.247 e. The van der Waals surface area contributed by atoms with Crippen LogP contribution < -0.4 is 4.57 Å². The number of aromatic nitrogens is 2. The molecule has 1 aromatic heterocycles. The number of hydrogen-bond acceptors (Lipinski definition) is 0. The van der Waals surface area contributed by atoms with Crippen molar-refractivity contribution in [1.29, 1.82) is 0 Å². The van der Waals surface area contributed by atoms with Gasteiger partial charge in [-0.3, -0.25) is 0 Å². The Hall–Kier alpha value is -0.790. The van der Waals surface area contributed by atoms with Crippen molar-refractivity contribution >= 4 is 0 Å². The highest BCUT2D eigenvalue weighted by atomic mass is 15.1. The number of H-pyrrole nitrogens is 1. The van der Waals surface area contributed by atoms with Crippen molar-refractivity contribution < 1.29 is 4.57 Å². The van der Waals surface area contributed by atoms with Gasteiger partial charge in [0.15, 0.2) is 0 Å². The number of hydrogen-bond donors (Lipinski definition) is 1. The molecule has 0 aliphatic heterocycles. The van der Waals surface area contributed by atoms with E-state index in [1.165, 1.54) is 231 Å². The largest absolute Gasteiger partial charge is 0.257 e. The van der Waals surface area contributed by atoms with Crippen LogP contribution in [-0.2, 0) is 0 Å². The van der Waals surface area contributed by atoms with Crippen molar-refractivity contribution in [2.45, 2.75) is 264 Å². The molecule has 0 aliphatic rings. The minimum atomic E-state index is 0.618. The molecular formula is C44H87N2+. The minimum absolute atomic E-state index is 0.618. The lowest BCUT2D eigenvalue weighted by Gasteiger charge is -2.17. The van der Waals surface area contributed by atoms with Crippen molar-refractivity contribution in [2.24, 2.45) is 0 Å². The molecule has 0 fully saturated rings. The van der Waals surface area contributed by atoms with E-state index in [2.05, 4.69) is 49.6 Å². The van der Waals surface area contributed by atoms with Gasteiger partial charge in [0.1, 0.15) is 12.4 Å². The van der Waals surface area contributed by atoms with Gasteiger partial charge in [-0.1, -0.05) is 220 Å². The number of aromatic amines is 1. The third kappa shape index (κ3) is 25.3. The van der Waals surface area contributed by atoms with E-state index < -0.39 is 0 Å². The molecule has 2 nitrogen and oxygen atoms in total. The van der Waals surface area contributed by atoms with Gasteiger partial charge in [0.2, 0.25) is 0 Å². The van der Waals surface area contributed by atoms with Crippen LogP contribution in [0.1, 0.15) is 270 Å². The van der Waals surface area contributed by atoms with Crippen molar-refractivity contribution in [1.82, 2.24) is 4.98 Å². The number of unbranched alkanes of at least 4 members (excludes halogenated alkanes) is 29. The molecule has 2 heteroatoms. The Kier molecular flexibility index (Phi) is 32.0. The zero-order valence-corrected chi connectivity index (χ0v) is 32.5. The Bertz CT molecular complexity index is 709. The first-order valence-electron chi connectivity index (χ1n) is 21.8. The van der Waals surface area contributed by atoms with Gasteiger partial charge in [-0.15, -0.1) is 0 Å². The second kappa shape index (κ2) is 34.1. The van der Waals surface area contributed by atoms with Crippen LogP contribution in [-0.4, -0.2) is 4.98 Å². The molecule has 0 amide bonds. The summed E-state index contributed by atoms with van der Waals surface area (Å²) in [6, 6.07) is 0.618. The van der Waals surface area contributed by atoms with Crippen LogP contribution in [0.25, 0.3) is 0 Å². The Labute approximate surface area is 291 Å². The molecule has 0 bridgehead atoms. The fourth-order valence-electron chi connectivity index (χ4n) is 7.66. The highest BCUT2D eigenvalue weighted by Crippen LogP contribution is 2.27. The lowest BCUT2D eigenvalue weighted by Crippen LogP contribution is -2.41. The third-order valence-corrected chi connectivity index (χ3v) is 10.9. The summed E-state index contributed by atoms with van der Waals surface area (Å²) in [6.45, 7) is 9.43. The molecule has 2 unspecified atom stereocenters. The van der Waals surface area contributed by atoms with E-state index in [1.807, 2.05) is 0 Å². The molecule has 0 aliphatic carbocycles. The van der Waals surface area contributed by atoms with E-state index in [1.54, 1.807) is 0 Å². The predicted octanol–water partition coefficient (Wildman–Crippen LogP) is 15.7. The predicted molar refractivity (Wildman–Crippen MR) is 207 cm³/mol. The molecule has 0 spiro atoms. The molecule has 0 saturated carbocycles. The van der Waals surface area contributed by atoms with Crippen LogP contribution in [0.4, 0.5) is 0 Å². The zero-order chi connectivity index (χ0) is 33.2. The minimum Gasteiger partial charge on any atom is -0.247 e. The maximum Gasteiger partial charge on any atom is 0.257 e. The number of imidazole rings is 1. The van der Waals surface area contributed by atoms with Gasteiger partial charge in [-0.25, -0.2) is 9.55 Å². The molecular weight excluding hydrogens is 556 g/mol. The molecule has 0 radical (unpaired) electrons. The lowest BCUT2D eigenvalue weighted by molar-refractivity contribution is -0.727. The number of rotatable bonds is 37. The maximum atomic E-state index is 3.75. The summed E-state index contributed by atoms with van der Waals surface area (Å²) in [6.07, 6.45) is 54.6. The van der Waals surface area contributed by atoms with E-state index in [9.17, 15) is 0 Å². The zero-order valence-electron chi connectivity index (χ0n) is 32.5. The van der Waals surface area contributed by atoms with Gasteiger partial charge in [0.05, 0.1) is 12.0 Å². The van der Waals surface area contributed by atoms with E-state index in [4.69, 9.17) is 0 Å². The molecule has 0 saturated heterocycles. The fraction of sp³-hybridized carbons (Fsp3) is 0.932. The van der Waals surface area contributed by atoms with E-state index in [0.717, 1.165) is 0 Å². The summed E-state index contributed by atoms with van der Waals surface area (Å²) < 4.78 is 2.64. The van der Waals surface area contributed by atoms with E-state index >= 15 is 0 Å². The SMILES string of the molecule is CCCCCCCCCCCCCCCCC(CCCCCCC)c1[nH]cc[n+]1C(C)CCCCCCCCCCCCCCC. The summed E-state index contributed by atoms with van der Waals surface area (Å²) in [5.74, 6) is 2.25. The van der Waals surface area contributed by atoms with Crippen LogP contribution >= 0.6 is 0 Å². The third-order valence-electron chi connectivity index (χ3n) is 10.9. The fourth-order valence-corrected chi connectivity index (χ4v) is 7.66. The maximum absolute atomic E-state index is 3.75. The van der Waals surface area contributed by atoms with Crippen molar-refractivity contribution in [2.75, 3.05) is 0 Å². The average molecular weight is 644 g/mol. The monoisotopic (exact) mass is 644 g/mol.